The molecule has 1 unspecified atom stereocenters. The van der Waals surface area contributed by atoms with Gasteiger partial charge in [-0.1, -0.05) is 12.0 Å². The summed E-state index contributed by atoms with van der Waals surface area (Å²) in [6.45, 7) is 3.37. The molecule has 0 saturated carbocycles. The van der Waals surface area contributed by atoms with E-state index in [2.05, 4.69) is 20.8 Å². The molecule has 1 atom stereocenters. The summed E-state index contributed by atoms with van der Waals surface area (Å²) in [6, 6.07) is 0. The van der Waals surface area contributed by atoms with Gasteiger partial charge in [-0.2, -0.15) is 0 Å². The smallest absolute Gasteiger partial charge is 0.329 e. The Bertz CT molecular complexity index is 337. The van der Waals surface area contributed by atoms with Gasteiger partial charge in [0.05, 0.1) is 0 Å². The second-order valence-corrected chi connectivity index (χ2v) is 3.24. The van der Waals surface area contributed by atoms with Crippen molar-refractivity contribution in [1.82, 2.24) is 20.2 Å². The molecule has 0 bridgehead atoms. The zero-order valence-electron chi connectivity index (χ0n) is 8.35. The van der Waals surface area contributed by atoms with Crippen molar-refractivity contribution in [2.45, 2.75) is 25.8 Å². The van der Waals surface area contributed by atoms with Crippen molar-refractivity contribution in [1.29, 1.82) is 0 Å². The van der Waals surface area contributed by atoms with Gasteiger partial charge in [-0.15, -0.1) is 0 Å². The number of carboxylic acids is 1. The first-order valence-corrected chi connectivity index (χ1v) is 4.23. The quantitative estimate of drug-likeness (QED) is 0.702. The van der Waals surface area contributed by atoms with E-state index in [0.717, 1.165) is 0 Å². The highest BCUT2D eigenvalue weighted by molar-refractivity contribution is 5.81. The standard InChI is InChI=1S/C7H13N5O2/c1-4-7(2,5(13)14)8-6-9-10-11-12(6)3/h4H2,1-3H3,(H,13,14)(H,8,9,11). The number of tetrazole rings is 1. The van der Waals surface area contributed by atoms with E-state index >= 15 is 0 Å². The van der Waals surface area contributed by atoms with E-state index in [4.69, 9.17) is 5.11 Å². The highest BCUT2D eigenvalue weighted by Crippen LogP contribution is 2.15. The van der Waals surface area contributed by atoms with Crippen LogP contribution in [0.15, 0.2) is 0 Å². The lowest BCUT2D eigenvalue weighted by Crippen LogP contribution is -2.43. The molecule has 0 saturated heterocycles. The first-order chi connectivity index (χ1) is 6.49. The fourth-order valence-electron chi connectivity index (χ4n) is 0.875. The molecule has 1 heterocycles. The van der Waals surface area contributed by atoms with Gasteiger partial charge in [0.2, 0.25) is 5.95 Å². The predicted octanol–water partition coefficient (Wildman–Crippen LogP) is -0.125. The third kappa shape index (κ3) is 1.81. The molecule has 0 spiro atoms. The number of carbonyl (C=O) groups is 1. The van der Waals surface area contributed by atoms with Crippen molar-refractivity contribution < 1.29 is 9.90 Å². The van der Waals surface area contributed by atoms with Crippen LogP contribution in [0.2, 0.25) is 0 Å². The van der Waals surface area contributed by atoms with Crippen LogP contribution in [-0.4, -0.2) is 36.8 Å². The van der Waals surface area contributed by atoms with E-state index in [1.165, 1.54) is 4.68 Å². The molecule has 0 fully saturated rings. The third-order valence-corrected chi connectivity index (χ3v) is 2.19. The molecule has 0 aliphatic heterocycles. The Kier molecular flexibility index (Phi) is 2.68. The van der Waals surface area contributed by atoms with E-state index < -0.39 is 11.5 Å². The maximum atomic E-state index is 10.9. The van der Waals surface area contributed by atoms with Gasteiger partial charge < -0.3 is 10.4 Å². The fourth-order valence-corrected chi connectivity index (χ4v) is 0.875. The van der Waals surface area contributed by atoms with Gasteiger partial charge in [-0.05, 0) is 23.8 Å². The lowest BCUT2D eigenvalue weighted by atomic mass is 10.00. The SMILES string of the molecule is CCC(C)(Nc1nnnn1C)C(=O)O. The minimum Gasteiger partial charge on any atom is -0.480 e. The van der Waals surface area contributed by atoms with Crippen LogP contribution < -0.4 is 5.32 Å². The Morgan fingerprint density at radius 1 is 1.71 bits per heavy atom. The number of aromatic nitrogens is 4. The summed E-state index contributed by atoms with van der Waals surface area (Å²) >= 11 is 0. The lowest BCUT2D eigenvalue weighted by molar-refractivity contribution is -0.141. The molecule has 0 aliphatic rings. The molecule has 1 aromatic heterocycles. The van der Waals surface area contributed by atoms with Crippen molar-refractivity contribution in [2.24, 2.45) is 7.05 Å². The molecule has 7 heteroatoms. The van der Waals surface area contributed by atoms with Gasteiger partial charge in [-0.3, -0.25) is 0 Å². The van der Waals surface area contributed by atoms with Gasteiger partial charge in [-0.25, -0.2) is 9.48 Å². The topological polar surface area (TPSA) is 92.9 Å². The van der Waals surface area contributed by atoms with Gasteiger partial charge in [0.1, 0.15) is 5.54 Å². The summed E-state index contributed by atoms with van der Waals surface area (Å²) in [5, 5.41) is 22.4. The van der Waals surface area contributed by atoms with Crippen molar-refractivity contribution in [3.63, 3.8) is 0 Å². The Labute approximate surface area is 81.1 Å². The van der Waals surface area contributed by atoms with Gasteiger partial charge in [0.15, 0.2) is 0 Å². The number of carboxylic acid groups (broad SMARTS) is 1. The average molecular weight is 199 g/mol. The van der Waals surface area contributed by atoms with E-state index in [9.17, 15) is 4.79 Å². The normalized spacial score (nSPS) is 14.8. The van der Waals surface area contributed by atoms with E-state index in [-0.39, 0.29) is 0 Å². The van der Waals surface area contributed by atoms with Crippen molar-refractivity contribution in [3.8, 4) is 0 Å². The second kappa shape index (κ2) is 3.60. The van der Waals surface area contributed by atoms with Gasteiger partial charge >= 0.3 is 5.97 Å². The highest BCUT2D eigenvalue weighted by Gasteiger charge is 2.32. The van der Waals surface area contributed by atoms with Crippen LogP contribution in [0, 0.1) is 0 Å². The zero-order chi connectivity index (χ0) is 10.8. The largest absolute Gasteiger partial charge is 0.480 e. The number of nitrogens with one attached hydrogen (secondary N) is 1. The molecule has 14 heavy (non-hydrogen) atoms. The van der Waals surface area contributed by atoms with Crippen LogP contribution in [0.25, 0.3) is 0 Å². The number of aryl methyl sites for hydroxylation is 1. The minimum atomic E-state index is -1.04. The van der Waals surface area contributed by atoms with Crippen LogP contribution in [0.4, 0.5) is 5.95 Å². The summed E-state index contributed by atoms with van der Waals surface area (Å²) in [5.41, 5.74) is -1.04. The van der Waals surface area contributed by atoms with E-state index in [0.29, 0.717) is 12.4 Å². The maximum absolute atomic E-state index is 10.9. The molecular weight excluding hydrogens is 186 g/mol. The highest BCUT2D eigenvalue weighted by atomic mass is 16.4. The van der Waals surface area contributed by atoms with Crippen LogP contribution in [-0.2, 0) is 11.8 Å². The Balaban J connectivity index is 2.86. The first kappa shape index (κ1) is 10.4. The minimum absolute atomic E-state index is 0.344. The summed E-state index contributed by atoms with van der Waals surface area (Å²) in [7, 11) is 1.64. The summed E-state index contributed by atoms with van der Waals surface area (Å²) in [4.78, 5) is 10.9. The molecule has 78 valence electrons. The Morgan fingerprint density at radius 2 is 2.36 bits per heavy atom. The predicted molar refractivity (Wildman–Crippen MR) is 48.8 cm³/mol. The molecule has 0 aromatic carbocycles. The van der Waals surface area contributed by atoms with Crippen LogP contribution in [0.3, 0.4) is 0 Å². The number of aliphatic carboxylic acids is 1. The van der Waals surface area contributed by atoms with E-state index in [1.807, 2.05) is 0 Å². The van der Waals surface area contributed by atoms with Crippen molar-refractivity contribution in [2.75, 3.05) is 5.32 Å². The molecule has 0 amide bonds. The lowest BCUT2D eigenvalue weighted by Gasteiger charge is -2.24. The molecule has 1 aromatic rings. The number of hydrogen-bond acceptors (Lipinski definition) is 5. The summed E-state index contributed by atoms with van der Waals surface area (Å²) in [5.74, 6) is -0.584. The summed E-state index contributed by atoms with van der Waals surface area (Å²) < 4.78 is 1.39. The molecule has 0 radical (unpaired) electrons. The zero-order valence-corrected chi connectivity index (χ0v) is 8.35. The number of rotatable bonds is 4. The number of nitrogens with zero attached hydrogens (tertiary/aromatic N) is 4. The van der Waals surface area contributed by atoms with Gasteiger partial charge in [0, 0.05) is 7.05 Å². The number of anilines is 1. The molecule has 7 nitrogen and oxygen atoms in total. The fraction of sp³-hybridized carbons (Fsp3) is 0.714. The third-order valence-electron chi connectivity index (χ3n) is 2.19. The van der Waals surface area contributed by atoms with Crippen LogP contribution in [0.1, 0.15) is 20.3 Å². The van der Waals surface area contributed by atoms with E-state index in [1.54, 1.807) is 20.9 Å². The second-order valence-electron chi connectivity index (χ2n) is 3.24. The van der Waals surface area contributed by atoms with Crippen molar-refractivity contribution in [3.05, 3.63) is 0 Å². The van der Waals surface area contributed by atoms with Crippen LogP contribution in [0.5, 0.6) is 0 Å². The molecule has 0 aliphatic carbocycles. The monoisotopic (exact) mass is 199 g/mol. The molecule has 2 N–H and O–H groups in total. The Hall–Kier alpha value is -1.66. The molecule has 1 rings (SSSR count). The Morgan fingerprint density at radius 3 is 2.71 bits per heavy atom. The molecular formula is C7H13N5O2. The average Bonchev–Trinajstić information content (AvgIpc) is 2.51. The van der Waals surface area contributed by atoms with Crippen LogP contribution >= 0.6 is 0 Å². The van der Waals surface area contributed by atoms with Crippen molar-refractivity contribution >= 4 is 11.9 Å². The van der Waals surface area contributed by atoms with Gasteiger partial charge in [0.25, 0.3) is 0 Å². The number of hydrogen-bond donors (Lipinski definition) is 2. The maximum Gasteiger partial charge on any atom is 0.329 e. The summed E-state index contributed by atoms with van der Waals surface area (Å²) in [6.07, 6.45) is 0.440. The first-order valence-electron chi connectivity index (χ1n) is 4.23.